The molecule has 4 N–H and O–H groups in total. The number of hydrogen-bond donors (Lipinski definition) is 4. The molecular formula is C26H26ClN3O5S. The predicted octanol–water partition coefficient (Wildman–Crippen LogP) is 4.97. The number of benzene rings is 2. The van der Waals surface area contributed by atoms with Crippen LogP contribution in [-0.2, 0) is 17.8 Å². The van der Waals surface area contributed by atoms with Gasteiger partial charge in [-0.05, 0) is 54.3 Å². The summed E-state index contributed by atoms with van der Waals surface area (Å²) in [7, 11) is 0. The molecule has 36 heavy (non-hydrogen) atoms. The summed E-state index contributed by atoms with van der Waals surface area (Å²) in [5.41, 5.74) is 1.42. The second-order valence-corrected chi connectivity index (χ2v) is 9.75. The van der Waals surface area contributed by atoms with Gasteiger partial charge >= 0.3 is 5.97 Å². The van der Waals surface area contributed by atoms with E-state index in [4.69, 9.17) is 11.6 Å². The van der Waals surface area contributed by atoms with Crippen LogP contribution in [0.1, 0.15) is 68.5 Å². The second kappa shape index (κ2) is 11.8. The number of aromatic hydroxyl groups is 1. The van der Waals surface area contributed by atoms with Gasteiger partial charge in [0.1, 0.15) is 11.4 Å². The average molecular weight is 528 g/mol. The number of carbonyl (C=O) groups is 3. The Morgan fingerprint density at radius 1 is 1.14 bits per heavy atom. The van der Waals surface area contributed by atoms with Crippen molar-refractivity contribution in [1.82, 2.24) is 15.6 Å². The van der Waals surface area contributed by atoms with E-state index < -0.39 is 17.8 Å². The van der Waals surface area contributed by atoms with Gasteiger partial charge in [0.15, 0.2) is 0 Å². The van der Waals surface area contributed by atoms with Gasteiger partial charge in [0.05, 0.1) is 26.2 Å². The molecule has 0 radical (unpaired) electrons. The Hall–Kier alpha value is -3.69. The number of carboxylic acids is 1. The van der Waals surface area contributed by atoms with E-state index in [9.17, 15) is 24.6 Å². The largest absolute Gasteiger partial charge is 0.508 e. The van der Waals surface area contributed by atoms with Crippen molar-refractivity contribution in [3.63, 3.8) is 0 Å². The van der Waals surface area contributed by atoms with E-state index >= 15 is 0 Å². The van der Waals surface area contributed by atoms with Gasteiger partial charge < -0.3 is 20.8 Å². The van der Waals surface area contributed by atoms with Crippen LogP contribution in [0, 0.1) is 0 Å². The fourth-order valence-electron chi connectivity index (χ4n) is 3.32. The zero-order chi connectivity index (χ0) is 26.4. The van der Waals surface area contributed by atoms with Gasteiger partial charge in [-0.2, -0.15) is 0 Å². The summed E-state index contributed by atoms with van der Waals surface area (Å²) in [5, 5.41) is 25.2. The van der Waals surface area contributed by atoms with E-state index in [1.807, 2.05) is 20.8 Å². The maximum absolute atomic E-state index is 12.8. The summed E-state index contributed by atoms with van der Waals surface area (Å²) in [4.78, 5) is 42.4. The quantitative estimate of drug-likeness (QED) is 0.291. The summed E-state index contributed by atoms with van der Waals surface area (Å²) in [6.45, 7) is 6.09. The van der Waals surface area contributed by atoms with Crippen LogP contribution in [0.5, 0.6) is 5.75 Å². The summed E-state index contributed by atoms with van der Waals surface area (Å²) in [6, 6.07) is 10.6. The van der Waals surface area contributed by atoms with Gasteiger partial charge in [-0.3, -0.25) is 9.59 Å². The average Bonchev–Trinajstić information content (AvgIpc) is 3.25. The van der Waals surface area contributed by atoms with Crippen molar-refractivity contribution in [2.24, 2.45) is 0 Å². The van der Waals surface area contributed by atoms with Crippen LogP contribution >= 0.6 is 22.9 Å². The molecule has 188 valence electrons. The van der Waals surface area contributed by atoms with Crippen LogP contribution in [-0.4, -0.2) is 33.0 Å². The van der Waals surface area contributed by atoms with Gasteiger partial charge in [0, 0.05) is 12.1 Å². The third kappa shape index (κ3) is 6.71. The monoisotopic (exact) mass is 527 g/mol. The van der Waals surface area contributed by atoms with Gasteiger partial charge in [0.25, 0.3) is 11.8 Å². The fraction of sp³-hybridized carbons (Fsp3) is 0.231. The molecule has 3 rings (SSSR count). The van der Waals surface area contributed by atoms with Crippen molar-refractivity contribution in [2.45, 2.75) is 39.7 Å². The van der Waals surface area contributed by atoms with Crippen LogP contribution in [0.25, 0.3) is 6.08 Å². The molecule has 1 heterocycles. The molecule has 0 aliphatic rings. The molecule has 0 aliphatic heterocycles. The molecule has 0 unspecified atom stereocenters. The number of aryl methyl sites for hydroxylation is 1. The van der Waals surface area contributed by atoms with Gasteiger partial charge in [-0.15, -0.1) is 11.3 Å². The highest BCUT2D eigenvalue weighted by Crippen LogP contribution is 2.28. The van der Waals surface area contributed by atoms with Crippen LogP contribution in [0.4, 0.5) is 0 Å². The number of amides is 2. The fourth-order valence-corrected chi connectivity index (χ4v) is 4.69. The number of nitrogens with one attached hydrogen (secondary N) is 2. The lowest BCUT2D eigenvalue weighted by Crippen LogP contribution is -2.28. The number of thiazole rings is 1. The predicted molar refractivity (Wildman–Crippen MR) is 139 cm³/mol. The number of carboxylic acid groups (broad SMARTS) is 1. The summed E-state index contributed by atoms with van der Waals surface area (Å²) in [5.74, 6) is -2.26. The first-order valence-corrected chi connectivity index (χ1v) is 12.4. The van der Waals surface area contributed by atoms with Crippen molar-refractivity contribution in [3.8, 4) is 5.75 Å². The van der Waals surface area contributed by atoms with E-state index in [0.717, 1.165) is 17.1 Å². The number of carbonyl (C=O) groups excluding carboxylic acids is 2. The Balaban J connectivity index is 1.76. The first kappa shape index (κ1) is 26.9. The molecule has 0 fully saturated rings. The molecule has 10 heteroatoms. The van der Waals surface area contributed by atoms with Gasteiger partial charge in [-0.25, -0.2) is 9.78 Å². The number of aromatic nitrogens is 1. The summed E-state index contributed by atoms with van der Waals surface area (Å²) < 4.78 is 0. The number of phenolic OH excluding ortho intramolecular Hbond substituents is 1. The lowest BCUT2D eigenvalue weighted by Gasteiger charge is -2.10. The Labute approximate surface area is 217 Å². The highest BCUT2D eigenvalue weighted by atomic mass is 35.5. The SMILES string of the molecule is CCc1nc(C(C)C)c(/C=C(\NC(=O)c2ccc(C(=O)NCc3cccc(O)c3)cc2Cl)C(=O)O)s1. The third-order valence-corrected chi connectivity index (χ3v) is 6.64. The van der Waals surface area contributed by atoms with E-state index in [0.29, 0.717) is 10.4 Å². The minimum absolute atomic E-state index is 0.00354. The zero-order valence-electron chi connectivity index (χ0n) is 20.0. The molecule has 0 spiro atoms. The lowest BCUT2D eigenvalue weighted by molar-refractivity contribution is -0.132. The molecular weight excluding hydrogens is 502 g/mol. The molecule has 0 saturated carbocycles. The first-order valence-electron chi connectivity index (χ1n) is 11.2. The van der Waals surface area contributed by atoms with Crippen molar-refractivity contribution < 1.29 is 24.6 Å². The number of rotatable bonds is 9. The van der Waals surface area contributed by atoms with Crippen LogP contribution < -0.4 is 10.6 Å². The van der Waals surface area contributed by atoms with E-state index in [-0.39, 0.29) is 40.1 Å². The van der Waals surface area contributed by atoms with Crippen molar-refractivity contribution in [3.05, 3.63) is 85.5 Å². The summed E-state index contributed by atoms with van der Waals surface area (Å²) in [6.07, 6.45) is 2.12. The molecule has 2 aromatic carbocycles. The Kier molecular flexibility index (Phi) is 8.84. The number of aliphatic carboxylic acids is 1. The first-order chi connectivity index (χ1) is 17.1. The lowest BCUT2D eigenvalue weighted by atomic mass is 10.1. The summed E-state index contributed by atoms with van der Waals surface area (Å²) >= 11 is 7.65. The third-order valence-electron chi connectivity index (χ3n) is 5.17. The van der Waals surface area contributed by atoms with E-state index in [1.165, 1.54) is 47.7 Å². The Morgan fingerprint density at radius 2 is 1.89 bits per heavy atom. The van der Waals surface area contributed by atoms with Gasteiger partial charge in [0.2, 0.25) is 0 Å². The molecule has 1 aromatic heterocycles. The van der Waals surface area contributed by atoms with E-state index in [2.05, 4.69) is 15.6 Å². The second-order valence-electron chi connectivity index (χ2n) is 8.23. The molecule has 3 aromatic rings. The Bertz CT molecular complexity index is 1330. The maximum Gasteiger partial charge on any atom is 0.352 e. The molecule has 8 nitrogen and oxygen atoms in total. The molecule has 2 amide bonds. The topological polar surface area (TPSA) is 129 Å². The number of nitrogens with zero attached hydrogens (tertiary/aromatic N) is 1. The number of halogens is 1. The van der Waals surface area contributed by atoms with Crippen LogP contribution in [0.15, 0.2) is 48.2 Å². The minimum Gasteiger partial charge on any atom is -0.508 e. The van der Waals surface area contributed by atoms with Crippen LogP contribution in [0.3, 0.4) is 0 Å². The Morgan fingerprint density at radius 3 is 2.50 bits per heavy atom. The molecule has 0 atom stereocenters. The smallest absolute Gasteiger partial charge is 0.352 e. The zero-order valence-corrected chi connectivity index (χ0v) is 21.5. The number of hydrogen-bond acceptors (Lipinski definition) is 6. The molecule has 0 aliphatic carbocycles. The number of phenols is 1. The van der Waals surface area contributed by atoms with Gasteiger partial charge in [-0.1, -0.05) is 44.5 Å². The van der Waals surface area contributed by atoms with Crippen molar-refractivity contribution >= 4 is 46.8 Å². The highest BCUT2D eigenvalue weighted by Gasteiger charge is 2.20. The highest BCUT2D eigenvalue weighted by molar-refractivity contribution is 7.12. The van der Waals surface area contributed by atoms with Crippen LogP contribution in [0.2, 0.25) is 5.02 Å². The standard InChI is InChI=1S/C26H26ClN3O5S/c1-4-22-30-23(14(2)3)21(36-22)12-20(26(34)35)29-25(33)18-9-8-16(11-19(18)27)24(32)28-13-15-6-5-7-17(31)10-15/h5-12,14,31H,4,13H2,1-3H3,(H,28,32)(H,29,33)(H,34,35)/b20-12-. The normalized spacial score (nSPS) is 11.4. The molecule has 0 saturated heterocycles. The van der Waals surface area contributed by atoms with Crippen molar-refractivity contribution in [2.75, 3.05) is 0 Å². The maximum atomic E-state index is 12.8. The van der Waals surface area contributed by atoms with E-state index in [1.54, 1.807) is 12.1 Å². The minimum atomic E-state index is -1.30. The van der Waals surface area contributed by atoms with Crippen molar-refractivity contribution in [1.29, 1.82) is 0 Å². The molecule has 0 bridgehead atoms.